The van der Waals surface area contributed by atoms with Crippen molar-refractivity contribution in [2.24, 2.45) is 0 Å². The summed E-state index contributed by atoms with van der Waals surface area (Å²) < 4.78 is 8.37. The Morgan fingerprint density at radius 3 is 2.33 bits per heavy atom. The number of anilines is 2. The fraction of sp³-hybridized carbons (Fsp3) is 0.130. The maximum absolute atomic E-state index is 12.0. The number of hydrogen-bond acceptors (Lipinski definition) is 5. The second kappa shape index (κ2) is 10.3. The quantitative estimate of drug-likeness (QED) is 0.299. The number of rotatable bonds is 7. The van der Waals surface area contributed by atoms with E-state index in [2.05, 4.69) is 20.8 Å². The van der Waals surface area contributed by atoms with Crippen LogP contribution >= 0.6 is 23.8 Å². The number of carbonyl (C=O) groups excluding carboxylic acids is 1. The SMILES string of the molecule is COC(=O)c1ccccc1Cn1cc(NC(=S)Nc2cnn(Cc3cccc(Cl)c3)c2)cn1. The molecule has 0 aliphatic heterocycles. The highest BCUT2D eigenvalue weighted by molar-refractivity contribution is 7.80. The number of nitrogens with one attached hydrogen (secondary N) is 2. The van der Waals surface area contributed by atoms with Crippen LogP contribution in [0.25, 0.3) is 0 Å². The average Bonchev–Trinajstić information content (AvgIpc) is 3.42. The van der Waals surface area contributed by atoms with E-state index in [0.29, 0.717) is 28.8 Å². The first-order valence-electron chi connectivity index (χ1n) is 10.0. The van der Waals surface area contributed by atoms with Gasteiger partial charge in [0.1, 0.15) is 0 Å². The van der Waals surface area contributed by atoms with Crippen LogP contribution in [0, 0.1) is 0 Å². The third-order valence-corrected chi connectivity index (χ3v) is 5.21. The van der Waals surface area contributed by atoms with Crippen molar-refractivity contribution in [1.82, 2.24) is 19.6 Å². The molecule has 8 nitrogen and oxygen atoms in total. The van der Waals surface area contributed by atoms with Crippen molar-refractivity contribution in [2.45, 2.75) is 13.1 Å². The molecule has 2 N–H and O–H groups in total. The summed E-state index contributed by atoms with van der Waals surface area (Å²) in [5.74, 6) is -0.377. The molecule has 0 aliphatic carbocycles. The zero-order valence-electron chi connectivity index (χ0n) is 17.7. The molecule has 0 amide bonds. The Labute approximate surface area is 201 Å². The zero-order valence-corrected chi connectivity index (χ0v) is 19.3. The van der Waals surface area contributed by atoms with E-state index in [9.17, 15) is 4.79 Å². The molecule has 0 fully saturated rings. The summed E-state index contributed by atoms with van der Waals surface area (Å²) in [6, 6.07) is 14.9. The van der Waals surface area contributed by atoms with Gasteiger partial charge in [0.2, 0.25) is 0 Å². The van der Waals surface area contributed by atoms with Gasteiger partial charge in [-0.25, -0.2) is 4.79 Å². The molecule has 4 rings (SSSR count). The van der Waals surface area contributed by atoms with Crippen LogP contribution in [-0.4, -0.2) is 37.8 Å². The lowest BCUT2D eigenvalue weighted by atomic mass is 10.1. The summed E-state index contributed by atoms with van der Waals surface area (Å²) in [6.45, 7) is 1.02. The highest BCUT2D eigenvalue weighted by atomic mass is 35.5. The number of aromatic nitrogens is 4. The van der Waals surface area contributed by atoms with E-state index >= 15 is 0 Å². The summed E-state index contributed by atoms with van der Waals surface area (Å²) in [4.78, 5) is 12.0. The lowest BCUT2D eigenvalue weighted by molar-refractivity contribution is 0.0599. The molecule has 0 saturated carbocycles. The van der Waals surface area contributed by atoms with Crippen molar-refractivity contribution in [3.05, 3.63) is 95.0 Å². The third kappa shape index (κ3) is 5.97. The largest absolute Gasteiger partial charge is 0.465 e. The van der Waals surface area contributed by atoms with Crippen molar-refractivity contribution in [2.75, 3.05) is 17.7 Å². The van der Waals surface area contributed by atoms with Gasteiger partial charge in [-0.3, -0.25) is 9.36 Å². The van der Waals surface area contributed by atoms with Gasteiger partial charge in [-0.05, 0) is 41.5 Å². The normalized spacial score (nSPS) is 10.6. The van der Waals surface area contributed by atoms with E-state index in [-0.39, 0.29) is 5.97 Å². The molecule has 0 unspecified atom stereocenters. The van der Waals surface area contributed by atoms with Crippen LogP contribution < -0.4 is 10.6 Å². The minimum Gasteiger partial charge on any atom is -0.465 e. The van der Waals surface area contributed by atoms with E-state index < -0.39 is 0 Å². The van der Waals surface area contributed by atoms with Crippen LogP contribution in [0.5, 0.6) is 0 Å². The molecule has 0 aliphatic rings. The number of esters is 1. The molecule has 33 heavy (non-hydrogen) atoms. The number of methoxy groups -OCH3 is 1. The molecule has 4 aromatic rings. The minimum absolute atomic E-state index is 0.377. The number of carbonyl (C=O) groups is 1. The first-order chi connectivity index (χ1) is 16.0. The van der Waals surface area contributed by atoms with E-state index in [1.54, 1.807) is 33.9 Å². The maximum atomic E-state index is 12.0. The Kier molecular flexibility index (Phi) is 7.01. The van der Waals surface area contributed by atoms with Crippen LogP contribution in [0.4, 0.5) is 11.4 Å². The van der Waals surface area contributed by atoms with Crippen LogP contribution in [0.1, 0.15) is 21.5 Å². The molecule has 0 radical (unpaired) electrons. The first-order valence-corrected chi connectivity index (χ1v) is 10.8. The molecule has 0 atom stereocenters. The molecule has 0 bridgehead atoms. The van der Waals surface area contributed by atoms with E-state index in [1.807, 2.05) is 48.8 Å². The Bertz CT molecular complexity index is 1290. The molecule has 168 valence electrons. The number of nitrogens with zero attached hydrogens (tertiary/aromatic N) is 4. The van der Waals surface area contributed by atoms with Crippen molar-refractivity contribution >= 4 is 46.3 Å². The van der Waals surface area contributed by atoms with Gasteiger partial charge in [0, 0.05) is 17.4 Å². The van der Waals surface area contributed by atoms with E-state index in [0.717, 1.165) is 22.5 Å². The fourth-order valence-electron chi connectivity index (χ4n) is 3.29. The second-order valence-electron chi connectivity index (χ2n) is 7.21. The highest BCUT2D eigenvalue weighted by Crippen LogP contribution is 2.15. The predicted molar refractivity (Wildman–Crippen MR) is 132 cm³/mol. The van der Waals surface area contributed by atoms with Gasteiger partial charge in [0.25, 0.3) is 0 Å². The van der Waals surface area contributed by atoms with E-state index in [1.165, 1.54) is 7.11 Å². The molecular formula is C23H21ClN6O2S. The number of benzene rings is 2. The maximum Gasteiger partial charge on any atom is 0.338 e. The van der Waals surface area contributed by atoms with Gasteiger partial charge in [-0.2, -0.15) is 10.2 Å². The highest BCUT2D eigenvalue weighted by Gasteiger charge is 2.12. The standard InChI is InChI=1S/C23H21ClN6O2S/c1-32-22(31)21-8-3-2-6-17(21)13-30-15-20(11-26-30)28-23(33)27-19-10-25-29(14-19)12-16-5-4-7-18(24)9-16/h2-11,14-15H,12-13H2,1H3,(H2,27,28,33). The van der Waals surface area contributed by atoms with Crippen LogP contribution in [0.2, 0.25) is 5.02 Å². The van der Waals surface area contributed by atoms with Crippen LogP contribution in [0.15, 0.2) is 73.3 Å². The molecule has 2 heterocycles. The Morgan fingerprint density at radius 1 is 1.00 bits per heavy atom. The zero-order chi connectivity index (χ0) is 23.2. The number of hydrogen-bond donors (Lipinski definition) is 2. The second-order valence-corrected chi connectivity index (χ2v) is 8.06. The summed E-state index contributed by atoms with van der Waals surface area (Å²) >= 11 is 11.5. The van der Waals surface area contributed by atoms with E-state index in [4.69, 9.17) is 28.6 Å². The first kappa shape index (κ1) is 22.5. The summed E-state index contributed by atoms with van der Waals surface area (Å²) in [7, 11) is 1.37. The monoisotopic (exact) mass is 480 g/mol. The van der Waals surface area contributed by atoms with Gasteiger partial charge in [0.15, 0.2) is 5.11 Å². The molecule has 2 aromatic heterocycles. The molecule has 0 spiro atoms. The Hall–Kier alpha value is -3.69. The predicted octanol–water partition coefficient (Wildman–Crippen LogP) is 4.43. The lowest BCUT2D eigenvalue weighted by Crippen LogP contribution is -2.18. The van der Waals surface area contributed by atoms with Crippen LogP contribution in [0.3, 0.4) is 0 Å². The third-order valence-electron chi connectivity index (χ3n) is 4.77. The van der Waals surface area contributed by atoms with Crippen molar-refractivity contribution < 1.29 is 9.53 Å². The van der Waals surface area contributed by atoms with Crippen molar-refractivity contribution in [3.63, 3.8) is 0 Å². The molecule has 2 aromatic carbocycles. The fourth-order valence-corrected chi connectivity index (χ4v) is 3.74. The van der Waals surface area contributed by atoms with Gasteiger partial charge >= 0.3 is 5.97 Å². The smallest absolute Gasteiger partial charge is 0.338 e. The Balaban J connectivity index is 1.34. The minimum atomic E-state index is -0.377. The molecular weight excluding hydrogens is 460 g/mol. The van der Waals surface area contributed by atoms with Crippen molar-refractivity contribution in [3.8, 4) is 0 Å². The average molecular weight is 481 g/mol. The summed E-state index contributed by atoms with van der Waals surface area (Å²) in [5.41, 5.74) is 3.85. The van der Waals surface area contributed by atoms with Gasteiger partial charge in [-0.15, -0.1) is 0 Å². The lowest BCUT2D eigenvalue weighted by Gasteiger charge is -2.08. The van der Waals surface area contributed by atoms with Crippen molar-refractivity contribution in [1.29, 1.82) is 0 Å². The number of halogens is 1. The summed E-state index contributed by atoms with van der Waals surface area (Å²) in [6.07, 6.45) is 7.04. The number of ether oxygens (including phenoxy) is 1. The van der Waals surface area contributed by atoms with Gasteiger partial charge in [-0.1, -0.05) is 41.9 Å². The van der Waals surface area contributed by atoms with Gasteiger partial charge < -0.3 is 15.4 Å². The Morgan fingerprint density at radius 2 is 1.67 bits per heavy atom. The van der Waals surface area contributed by atoms with Crippen LogP contribution in [-0.2, 0) is 17.8 Å². The summed E-state index contributed by atoms with van der Waals surface area (Å²) in [5, 5.41) is 16.0. The topological polar surface area (TPSA) is 86.0 Å². The molecule has 0 saturated heterocycles. The number of thiocarbonyl (C=S) groups is 1. The molecule has 10 heteroatoms. The van der Waals surface area contributed by atoms with Gasteiger partial charge in [0.05, 0.1) is 49.5 Å².